The monoisotopic (exact) mass is 278 g/mol. The molecule has 1 aromatic carbocycles. The summed E-state index contributed by atoms with van der Waals surface area (Å²) >= 11 is 0. The molecule has 1 aliphatic rings. The maximum Gasteiger partial charge on any atom is 0.258 e. The third-order valence-corrected chi connectivity index (χ3v) is 3.20. The van der Waals surface area contributed by atoms with Gasteiger partial charge in [0.25, 0.3) is 5.91 Å². The zero-order valence-corrected chi connectivity index (χ0v) is 11.9. The molecule has 1 atom stereocenters. The Morgan fingerprint density at radius 1 is 1.50 bits per heavy atom. The highest BCUT2D eigenvalue weighted by atomic mass is 16.5. The first-order valence-electron chi connectivity index (χ1n) is 7.02. The van der Waals surface area contributed by atoms with Crippen molar-refractivity contribution in [3.05, 3.63) is 29.8 Å². The molecule has 0 aromatic heterocycles. The Morgan fingerprint density at radius 3 is 3.15 bits per heavy atom. The minimum Gasteiger partial charge on any atom is -0.484 e. The van der Waals surface area contributed by atoms with E-state index in [0.717, 1.165) is 31.6 Å². The van der Waals surface area contributed by atoms with Gasteiger partial charge in [0.2, 0.25) is 0 Å². The highest BCUT2D eigenvalue weighted by Crippen LogP contribution is 2.13. The Morgan fingerprint density at radius 2 is 2.40 bits per heavy atom. The molecule has 1 fully saturated rings. The first-order chi connectivity index (χ1) is 9.78. The van der Waals surface area contributed by atoms with Gasteiger partial charge in [-0.2, -0.15) is 0 Å². The number of nitrogens with one attached hydrogen (secondary N) is 2. The largest absolute Gasteiger partial charge is 0.484 e. The van der Waals surface area contributed by atoms with Gasteiger partial charge in [-0.3, -0.25) is 4.79 Å². The summed E-state index contributed by atoms with van der Waals surface area (Å²) in [6, 6.07) is 7.73. The van der Waals surface area contributed by atoms with Gasteiger partial charge in [0.15, 0.2) is 6.61 Å². The number of carbonyl (C=O) groups is 1. The normalized spacial score (nSPS) is 17.9. The number of hydrogen-bond donors (Lipinski definition) is 2. The summed E-state index contributed by atoms with van der Waals surface area (Å²) in [6.45, 7) is 2.19. The van der Waals surface area contributed by atoms with Crippen molar-refractivity contribution in [1.82, 2.24) is 10.6 Å². The van der Waals surface area contributed by atoms with Crippen LogP contribution in [0.25, 0.3) is 0 Å². The molecule has 1 aromatic rings. The Labute approximate surface area is 119 Å². The summed E-state index contributed by atoms with van der Waals surface area (Å²) in [7, 11) is 1.89. The molecule has 1 saturated heterocycles. The fourth-order valence-corrected chi connectivity index (χ4v) is 2.18. The third kappa shape index (κ3) is 4.83. The van der Waals surface area contributed by atoms with Crippen LogP contribution in [0.5, 0.6) is 5.75 Å². The topological polar surface area (TPSA) is 59.6 Å². The van der Waals surface area contributed by atoms with Crippen LogP contribution in [-0.4, -0.2) is 38.8 Å². The van der Waals surface area contributed by atoms with Crippen molar-refractivity contribution >= 4 is 5.91 Å². The van der Waals surface area contributed by atoms with Gasteiger partial charge < -0.3 is 20.1 Å². The van der Waals surface area contributed by atoms with Gasteiger partial charge >= 0.3 is 0 Å². The quantitative estimate of drug-likeness (QED) is 0.783. The Kier molecular flexibility index (Phi) is 5.83. The minimum atomic E-state index is -0.112. The van der Waals surface area contributed by atoms with Crippen LogP contribution in [0.15, 0.2) is 24.3 Å². The first kappa shape index (κ1) is 14.8. The molecule has 2 rings (SSSR count). The van der Waals surface area contributed by atoms with E-state index in [-0.39, 0.29) is 18.6 Å². The number of amides is 1. The lowest BCUT2D eigenvalue weighted by molar-refractivity contribution is -0.123. The maximum atomic E-state index is 11.7. The van der Waals surface area contributed by atoms with E-state index in [9.17, 15) is 4.79 Å². The van der Waals surface area contributed by atoms with Crippen molar-refractivity contribution in [2.75, 3.05) is 26.8 Å². The van der Waals surface area contributed by atoms with Crippen LogP contribution < -0.4 is 15.4 Å². The molecule has 0 aliphatic carbocycles. The lowest BCUT2D eigenvalue weighted by atomic mass is 10.2. The van der Waals surface area contributed by atoms with Gasteiger partial charge in [0.1, 0.15) is 5.75 Å². The molecule has 0 bridgehead atoms. The predicted octanol–water partition coefficient (Wildman–Crippen LogP) is 1.08. The number of ether oxygens (including phenoxy) is 2. The third-order valence-electron chi connectivity index (χ3n) is 3.20. The van der Waals surface area contributed by atoms with E-state index in [1.807, 2.05) is 31.3 Å². The Balaban J connectivity index is 1.70. The summed E-state index contributed by atoms with van der Waals surface area (Å²) in [5.41, 5.74) is 1.13. The average molecular weight is 278 g/mol. The molecule has 0 radical (unpaired) electrons. The molecule has 0 spiro atoms. The van der Waals surface area contributed by atoms with Crippen LogP contribution in [0.2, 0.25) is 0 Å². The van der Waals surface area contributed by atoms with E-state index < -0.39 is 0 Å². The predicted molar refractivity (Wildman–Crippen MR) is 76.7 cm³/mol. The van der Waals surface area contributed by atoms with Crippen LogP contribution in [0, 0.1) is 0 Å². The summed E-state index contributed by atoms with van der Waals surface area (Å²) in [5.74, 6) is 0.601. The fourth-order valence-electron chi connectivity index (χ4n) is 2.18. The van der Waals surface area contributed by atoms with Gasteiger partial charge in [-0.25, -0.2) is 0 Å². The molecule has 1 aliphatic heterocycles. The van der Waals surface area contributed by atoms with Gasteiger partial charge in [-0.05, 0) is 37.6 Å². The average Bonchev–Trinajstić information content (AvgIpc) is 2.97. The Bertz CT molecular complexity index is 431. The molecule has 5 nitrogen and oxygen atoms in total. The highest BCUT2D eigenvalue weighted by Gasteiger charge is 2.16. The molecule has 1 amide bonds. The molecule has 20 heavy (non-hydrogen) atoms. The molecule has 1 heterocycles. The molecule has 110 valence electrons. The number of rotatable bonds is 7. The second-order valence-electron chi connectivity index (χ2n) is 4.91. The lowest BCUT2D eigenvalue weighted by Crippen LogP contribution is -2.35. The zero-order valence-electron chi connectivity index (χ0n) is 11.9. The van der Waals surface area contributed by atoms with E-state index in [1.54, 1.807) is 0 Å². The molecular weight excluding hydrogens is 256 g/mol. The number of benzene rings is 1. The zero-order chi connectivity index (χ0) is 14.2. The van der Waals surface area contributed by atoms with Gasteiger partial charge in [-0.15, -0.1) is 0 Å². The number of carbonyl (C=O) groups excluding carboxylic acids is 1. The van der Waals surface area contributed by atoms with Gasteiger partial charge in [-0.1, -0.05) is 12.1 Å². The smallest absolute Gasteiger partial charge is 0.258 e. The Hall–Kier alpha value is -1.59. The molecule has 5 heteroatoms. The van der Waals surface area contributed by atoms with E-state index >= 15 is 0 Å². The van der Waals surface area contributed by atoms with Gasteiger partial charge in [0.05, 0.1) is 6.10 Å². The van der Waals surface area contributed by atoms with Crippen molar-refractivity contribution < 1.29 is 14.3 Å². The van der Waals surface area contributed by atoms with Crippen LogP contribution in [0.1, 0.15) is 18.4 Å². The second-order valence-corrected chi connectivity index (χ2v) is 4.91. The highest BCUT2D eigenvalue weighted by molar-refractivity contribution is 5.77. The second kappa shape index (κ2) is 7.87. The van der Waals surface area contributed by atoms with Crippen LogP contribution in [0.4, 0.5) is 0 Å². The van der Waals surface area contributed by atoms with Crippen molar-refractivity contribution in [1.29, 1.82) is 0 Å². The van der Waals surface area contributed by atoms with Crippen molar-refractivity contribution in [2.45, 2.75) is 25.5 Å². The maximum absolute atomic E-state index is 11.7. The fraction of sp³-hybridized carbons (Fsp3) is 0.533. The summed E-state index contributed by atoms with van der Waals surface area (Å²) in [4.78, 5) is 11.7. The van der Waals surface area contributed by atoms with E-state index in [1.165, 1.54) is 0 Å². The summed E-state index contributed by atoms with van der Waals surface area (Å²) in [5, 5.41) is 5.91. The van der Waals surface area contributed by atoms with Crippen LogP contribution >= 0.6 is 0 Å². The van der Waals surface area contributed by atoms with Crippen molar-refractivity contribution in [3.8, 4) is 5.75 Å². The van der Waals surface area contributed by atoms with Crippen LogP contribution in [0.3, 0.4) is 0 Å². The number of hydrogen-bond acceptors (Lipinski definition) is 4. The SMILES string of the molecule is CNCc1cccc(OCC(=O)NCC2CCCO2)c1. The molecular formula is C15H22N2O3. The lowest BCUT2D eigenvalue weighted by Gasteiger charge is -2.11. The summed E-state index contributed by atoms with van der Waals surface area (Å²) in [6.07, 6.45) is 2.26. The van der Waals surface area contributed by atoms with Crippen molar-refractivity contribution in [2.24, 2.45) is 0 Å². The standard InChI is InChI=1S/C15H22N2O3/c1-16-9-12-4-2-5-13(8-12)20-11-15(18)17-10-14-6-3-7-19-14/h2,4-5,8,14,16H,3,6-7,9-11H2,1H3,(H,17,18). The van der Waals surface area contributed by atoms with Crippen LogP contribution in [-0.2, 0) is 16.1 Å². The van der Waals surface area contributed by atoms with E-state index in [0.29, 0.717) is 12.3 Å². The molecule has 2 N–H and O–H groups in total. The van der Waals surface area contributed by atoms with E-state index in [2.05, 4.69) is 10.6 Å². The van der Waals surface area contributed by atoms with Gasteiger partial charge in [0, 0.05) is 19.7 Å². The first-order valence-corrected chi connectivity index (χ1v) is 7.02. The summed E-state index contributed by atoms with van der Waals surface area (Å²) < 4.78 is 10.9. The van der Waals surface area contributed by atoms with E-state index in [4.69, 9.17) is 9.47 Å². The van der Waals surface area contributed by atoms with Crippen molar-refractivity contribution in [3.63, 3.8) is 0 Å². The molecule has 1 unspecified atom stereocenters. The minimum absolute atomic E-state index is 0.0374. The molecule has 0 saturated carbocycles.